The van der Waals surface area contributed by atoms with Crippen LogP contribution < -0.4 is 10.6 Å². The minimum absolute atomic E-state index is 0.0550. The molecule has 0 saturated carbocycles. The standard InChI is InChI=1S/C15H12BrClF4N2O2.C10H19N5S/c1-6(2)25-14(24)7-4-8(10(18)5-9(7)17)12-11(16)13(15(19,20)21)23(3)22-12;1-6-11-7-12-8(15-10(2,3)4)14-9(13-7)16-5/h4-6H,1-3H3;6H2,1-5H3,(H2,11,12,13,14,15). The Hall–Kier alpha value is -2.65. The molecule has 1 aromatic carbocycles. The lowest BCUT2D eigenvalue weighted by Gasteiger charge is -2.20. The highest BCUT2D eigenvalue weighted by Gasteiger charge is 2.39. The smallest absolute Gasteiger partial charge is 0.434 e. The summed E-state index contributed by atoms with van der Waals surface area (Å²) in [6.07, 6.45) is -3.19. The average molecular weight is 685 g/mol. The van der Waals surface area contributed by atoms with E-state index in [1.165, 1.54) is 11.8 Å². The molecule has 0 aliphatic rings. The summed E-state index contributed by atoms with van der Waals surface area (Å²) in [6.45, 7) is 12.3. The number of aryl methyl sites for hydroxylation is 1. The van der Waals surface area contributed by atoms with Gasteiger partial charge >= 0.3 is 12.1 Å². The fourth-order valence-corrected chi connectivity index (χ4v) is 4.58. The minimum Gasteiger partial charge on any atom is -0.459 e. The Kier molecular flexibility index (Phi) is 11.8. The van der Waals surface area contributed by atoms with Gasteiger partial charge in [0.2, 0.25) is 11.9 Å². The van der Waals surface area contributed by atoms with Crippen molar-refractivity contribution in [2.24, 2.45) is 7.05 Å². The van der Waals surface area contributed by atoms with Gasteiger partial charge in [-0.1, -0.05) is 23.4 Å². The van der Waals surface area contributed by atoms with Gasteiger partial charge in [0.15, 0.2) is 10.9 Å². The highest BCUT2D eigenvalue weighted by atomic mass is 79.9. The first kappa shape index (κ1) is 34.6. The van der Waals surface area contributed by atoms with E-state index in [1.54, 1.807) is 13.8 Å². The molecule has 41 heavy (non-hydrogen) atoms. The maximum atomic E-state index is 14.3. The van der Waals surface area contributed by atoms with Gasteiger partial charge in [0.25, 0.3) is 0 Å². The van der Waals surface area contributed by atoms with E-state index in [4.69, 9.17) is 16.3 Å². The Bertz CT molecular complexity index is 1380. The molecule has 16 heteroatoms. The fraction of sp³-hybridized carbons (Fsp3) is 0.480. The van der Waals surface area contributed by atoms with E-state index in [2.05, 4.69) is 67.4 Å². The lowest BCUT2D eigenvalue weighted by atomic mass is 10.1. The fourth-order valence-electron chi connectivity index (χ4n) is 3.22. The third-order valence-corrected chi connectivity index (χ3v) is 6.36. The van der Waals surface area contributed by atoms with Gasteiger partial charge in [-0.2, -0.15) is 33.2 Å². The largest absolute Gasteiger partial charge is 0.459 e. The van der Waals surface area contributed by atoms with E-state index in [1.807, 2.05) is 13.2 Å². The zero-order valence-corrected chi connectivity index (χ0v) is 26.8. The number of thioether (sulfide) groups is 1. The summed E-state index contributed by atoms with van der Waals surface area (Å²) in [6, 6.07) is 1.86. The minimum atomic E-state index is -4.69. The Morgan fingerprint density at radius 2 is 1.78 bits per heavy atom. The van der Waals surface area contributed by atoms with Gasteiger partial charge in [0.05, 0.1) is 21.2 Å². The summed E-state index contributed by atoms with van der Waals surface area (Å²) >= 11 is 10.2. The highest BCUT2D eigenvalue weighted by molar-refractivity contribution is 9.10. The lowest BCUT2D eigenvalue weighted by Crippen LogP contribution is -2.27. The van der Waals surface area contributed by atoms with Crippen LogP contribution in [0.2, 0.25) is 5.02 Å². The van der Waals surface area contributed by atoms with Gasteiger partial charge in [-0.25, -0.2) is 9.18 Å². The molecule has 0 bridgehead atoms. The zero-order valence-electron chi connectivity index (χ0n) is 23.7. The Labute approximate surface area is 253 Å². The molecule has 2 heterocycles. The van der Waals surface area contributed by atoms with Crippen LogP contribution in [0.4, 0.5) is 29.5 Å². The van der Waals surface area contributed by atoms with Crippen molar-refractivity contribution in [3.05, 3.63) is 38.7 Å². The number of halogens is 6. The average Bonchev–Trinajstić information content (AvgIpc) is 3.11. The predicted octanol–water partition coefficient (Wildman–Crippen LogP) is 7.46. The van der Waals surface area contributed by atoms with E-state index in [-0.39, 0.29) is 27.4 Å². The maximum absolute atomic E-state index is 14.3. The van der Waals surface area contributed by atoms with Gasteiger partial charge in [0.1, 0.15) is 11.5 Å². The van der Waals surface area contributed by atoms with Crippen LogP contribution in [0.3, 0.4) is 0 Å². The monoisotopic (exact) mass is 683 g/mol. The maximum Gasteiger partial charge on any atom is 0.434 e. The number of aromatic nitrogens is 5. The van der Waals surface area contributed by atoms with E-state index in [9.17, 15) is 22.4 Å². The molecule has 0 atom stereocenters. The number of rotatable bonds is 7. The SMILES string of the molecule is CC(C)OC(=O)c1cc(-c2nn(C)c(C(F)(F)F)c2Br)c(F)cc1Cl.CCNc1nc(NC(C)(C)C)nc(SC)n1. The summed E-state index contributed by atoms with van der Waals surface area (Å²) in [7, 11) is 1.08. The van der Waals surface area contributed by atoms with Crippen molar-refractivity contribution < 1.29 is 27.1 Å². The number of nitrogens with zero attached hydrogens (tertiary/aromatic N) is 5. The van der Waals surface area contributed by atoms with Crippen LogP contribution in [-0.2, 0) is 18.0 Å². The Morgan fingerprint density at radius 1 is 1.17 bits per heavy atom. The molecule has 0 saturated heterocycles. The molecule has 3 rings (SSSR count). The number of alkyl halides is 3. The summed E-state index contributed by atoms with van der Waals surface area (Å²) in [5.41, 5.74) is -1.91. The summed E-state index contributed by atoms with van der Waals surface area (Å²) in [4.78, 5) is 24.9. The molecule has 0 unspecified atom stereocenters. The van der Waals surface area contributed by atoms with E-state index >= 15 is 0 Å². The number of benzene rings is 1. The van der Waals surface area contributed by atoms with Crippen molar-refractivity contribution in [1.82, 2.24) is 24.7 Å². The number of esters is 1. The van der Waals surface area contributed by atoms with Crippen LogP contribution in [0.1, 0.15) is 57.6 Å². The molecular formula is C25H31BrClF4N7O2S. The topological polar surface area (TPSA) is 107 Å². The predicted molar refractivity (Wildman–Crippen MR) is 156 cm³/mol. The molecule has 9 nitrogen and oxygen atoms in total. The lowest BCUT2D eigenvalue weighted by molar-refractivity contribution is -0.144. The third kappa shape index (κ3) is 9.70. The van der Waals surface area contributed by atoms with E-state index < -0.39 is 34.2 Å². The van der Waals surface area contributed by atoms with Gasteiger partial charge < -0.3 is 15.4 Å². The van der Waals surface area contributed by atoms with Crippen molar-refractivity contribution in [3.8, 4) is 11.3 Å². The second-order valence-corrected chi connectivity index (χ2v) is 11.7. The number of carbonyl (C=O) groups is 1. The number of hydrogen-bond acceptors (Lipinski definition) is 9. The molecule has 0 radical (unpaired) electrons. The number of carbonyl (C=O) groups excluding carboxylic acids is 1. The van der Waals surface area contributed by atoms with Crippen molar-refractivity contribution in [3.63, 3.8) is 0 Å². The second kappa shape index (κ2) is 14.0. The van der Waals surface area contributed by atoms with Gasteiger partial charge in [-0.05, 0) is 75.9 Å². The summed E-state index contributed by atoms with van der Waals surface area (Å²) in [5, 5.41) is 10.6. The van der Waals surface area contributed by atoms with E-state index in [0.717, 1.165) is 30.9 Å². The molecule has 0 aliphatic carbocycles. The van der Waals surface area contributed by atoms with Gasteiger partial charge in [-0.15, -0.1) is 0 Å². The van der Waals surface area contributed by atoms with Gasteiger partial charge in [-0.3, -0.25) is 4.68 Å². The number of hydrogen-bond donors (Lipinski definition) is 2. The number of nitrogens with one attached hydrogen (secondary N) is 2. The molecule has 0 spiro atoms. The third-order valence-electron chi connectivity index (χ3n) is 4.75. The number of anilines is 2. The summed E-state index contributed by atoms with van der Waals surface area (Å²) in [5.74, 6) is -0.501. The molecule has 0 amide bonds. The van der Waals surface area contributed by atoms with Crippen molar-refractivity contribution in [2.75, 3.05) is 23.4 Å². The number of ether oxygens (including phenoxy) is 1. The molecule has 3 aromatic rings. The van der Waals surface area contributed by atoms with Crippen molar-refractivity contribution in [1.29, 1.82) is 0 Å². The van der Waals surface area contributed by atoms with Crippen LogP contribution in [-0.4, -0.2) is 55.1 Å². The van der Waals surface area contributed by atoms with Crippen molar-refractivity contribution in [2.45, 2.75) is 64.5 Å². The normalized spacial score (nSPS) is 11.7. The van der Waals surface area contributed by atoms with Crippen molar-refractivity contribution >= 4 is 57.2 Å². The molecule has 0 fully saturated rings. The van der Waals surface area contributed by atoms with Crippen LogP contribution in [0.5, 0.6) is 0 Å². The van der Waals surface area contributed by atoms with Crippen LogP contribution in [0.25, 0.3) is 11.3 Å². The molecular weight excluding hydrogens is 654 g/mol. The zero-order chi connectivity index (χ0) is 31.3. The molecule has 2 aromatic heterocycles. The Balaban J connectivity index is 0.000000317. The highest BCUT2D eigenvalue weighted by Crippen LogP contribution is 2.41. The first-order valence-electron chi connectivity index (χ1n) is 12.2. The molecule has 2 N–H and O–H groups in total. The second-order valence-electron chi connectivity index (χ2n) is 9.77. The van der Waals surface area contributed by atoms with Gasteiger partial charge in [0, 0.05) is 24.7 Å². The van der Waals surface area contributed by atoms with Crippen LogP contribution in [0.15, 0.2) is 21.8 Å². The van der Waals surface area contributed by atoms with Crippen LogP contribution >= 0.6 is 39.3 Å². The first-order chi connectivity index (χ1) is 18.9. The quantitative estimate of drug-likeness (QED) is 0.149. The first-order valence-corrected chi connectivity index (χ1v) is 14.6. The molecule has 226 valence electrons. The Morgan fingerprint density at radius 3 is 2.27 bits per heavy atom. The van der Waals surface area contributed by atoms with E-state index in [0.29, 0.717) is 16.6 Å². The summed E-state index contributed by atoms with van der Waals surface area (Å²) < 4.78 is 58.6. The molecule has 0 aliphatic heterocycles. The van der Waals surface area contributed by atoms with Crippen LogP contribution in [0, 0.1) is 5.82 Å².